The number of ether oxygens (including phenoxy) is 2. The van der Waals surface area contributed by atoms with Crippen molar-refractivity contribution in [1.29, 1.82) is 0 Å². The van der Waals surface area contributed by atoms with Gasteiger partial charge in [0.25, 0.3) is 0 Å². The van der Waals surface area contributed by atoms with Gasteiger partial charge in [0.1, 0.15) is 10.5 Å². The summed E-state index contributed by atoms with van der Waals surface area (Å²) >= 11 is 19.5. The van der Waals surface area contributed by atoms with Crippen LogP contribution in [0.5, 0.6) is 0 Å². The molecule has 9 heteroatoms. The smallest absolute Gasteiger partial charge is 0.318 e. The molecular weight excluding hydrogens is 489 g/mol. The number of esters is 2. The number of unbranched alkanes of at least 4 members (excludes halogenated alkanes) is 2. The zero-order valence-electron chi connectivity index (χ0n) is 19.4. The standard InChI is InChI=1S/C22H42O4S5/c1-5-7-9-17(27)19(29)11-13-25-21(23)15(3)31-16(4)22(24)26-14-12-20(30)18(28)10-8-6-2/h15-20,27-30H,5-14H2,1-4H3. The lowest BCUT2D eigenvalue weighted by Crippen LogP contribution is -2.26. The number of carbonyl (C=O) groups excluding carboxylic acids is 2. The molecule has 31 heavy (non-hydrogen) atoms. The SMILES string of the molecule is CCCCC(S)C(S)CCOC(=O)C(C)SC(C)C(=O)OCCC(S)C(S)CCCC. The molecule has 0 spiro atoms. The van der Waals surface area contributed by atoms with Crippen molar-refractivity contribution in [1.82, 2.24) is 0 Å². The van der Waals surface area contributed by atoms with Gasteiger partial charge in [0.15, 0.2) is 0 Å². The highest BCUT2D eigenvalue weighted by molar-refractivity contribution is 8.01. The molecule has 6 atom stereocenters. The first kappa shape index (κ1) is 31.7. The van der Waals surface area contributed by atoms with Crippen molar-refractivity contribution in [3.8, 4) is 0 Å². The quantitative estimate of drug-likeness (QED) is 0.131. The molecule has 0 aliphatic heterocycles. The summed E-state index contributed by atoms with van der Waals surface area (Å²) in [7, 11) is 0. The molecule has 0 aliphatic carbocycles. The Kier molecular flexibility index (Phi) is 19.5. The molecule has 4 nitrogen and oxygen atoms in total. The highest BCUT2D eigenvalue weighted by Gasteiger charge is 2.24. The van der Waals surface area contributed by atoms with Crippen LogP contribution in [0, 0.1) is 0 Å². The summed E-state index contributed by atoms with van der Waals surface area (Å²) in [4.78, 5) is 24.5. The predicted octanol–water partition coefficient (Wildman–Crippen LogP) is 5.94. The molecule has 0 saturated carbocycles. The molecular formula is C22H42O4S5. The van der Waals surface area contributed by atoms with E-state index < -0.39 is 10.5 Å². The van der Waals surface area contributed by atoms with Gasteiger partial charge in [-0.25, -0.2) is 0 Å². The first-order chi connectivity index (χ1) is 14.6. The Morgan fingerprint density at radius 1 is 0.677 bits per heavy atom. The van der Waals surface area contributed by atoms with E-state index in [0.29, 0.717) is 26.1 Å². The second-order valence-corrected chi connectivity index (χ2v) is 12.2. The predicted molar refractivity (Wildman–Crippen MR) is 148 cm³/mol. The maximum absolute atomic E-state index is 12.2. The Bertz CT molecular complexity index is 453. The third kappa shape index (κ3) is 15.3. The molecule has 0 aromatic heterocycles. The van der Waals surface area contributed by atoms with Crippen LogP contribution in [0.3, 0.4) is 0 Å². The van der Waals surface area contributed by atoms with Crippen molar-refractivity contribution in [2.45, 2.75) is 111 Å². The first-order valence-electron chi connectivity index (χ1n) is 11.3. The Labute approximate surface area is 216 Å². The lowest BCUT2D eigenvalue weighted by molar-refractivity contribution is -0.142. The molecule has 0 amide bonds. The normalized spacial score (nSPS) is 17.3. The molecule has 184 valence electrons. The van der Waals surface area contributed by atoms with Crippen LogP contribution < -0.4 is 0 Å². The van der Waals surface area contributed by atoms with Crippen molar-refractivity contribution in [3.63, 3.8) is 0 Å². The fourth-order valence-electron chi connectivity index (χ4n) is 2.81. The van der Waals surface area contributed by atoms with E-state index in [2.05, 4.69) is 64.4 Å². The second-order valence-electron chi connectivity index (χ2n) is 7.89. The van der Waals surface area contributed by atoms with E-state index in [-0.39, 0.29) is 32.9 Å². The Balaban J connectivity index is 4.12. The number of carbonyl (C=O) groups is 2. The average molecular weight is 531 g/mol. The molecule has 0 N–H and O–H groups in total. The van der Waals surface area contributed by atoms with Crippen LogP contribution in [0.25, 0.3) is 0 Å². The van der Waals surface area contributed by atoms with E-state index in [4.69, 9.17) is 9.47 Å². The van der Waals surface area contributed by atoms with Crippen LogP contribution in [0.1, 0.15) is 79.1 Å². The van der Waals surface area contributed by atoms with Crippen LogP contribution in [0.4, 0.5) is 0 Å². The van der Waals surface area contributed by atoms with Crippen molar-refractivity contribution < 1.29 is 19.1 Å². The number of thiol groups is 4. The number of thioether (sulfide) groups is 1. The molecule has 0 rings (SSSR count). The molecule has 0 fully saturated rings. The maximum atomic E-state index is 12.2. The molecule has 0 saturated heterocycles. The summed E-state index contributed by atoms with van der Waals surface area (Å²) < 4.78 is 10.7. The lowest BCUT2D eigenvalue weighted by Gasteiger charge is -2.20. The Hall–Kier alpha value is 0.690. The molecule has 0 bridgehead atoms. The van der Waals surface area contributed by atoms with E-state index in [1.54, 1.807) is 13.8 Å². The van der Waals surface area contributed by atoms with Gasteiger partial charge in [-0.15, -0.1) is 11.8 Å². The fraction of sp³-hybridized carbons (Fsp3) is 0.909. The van der Waals surface area contributed by atoms with Crippen LogP contribution in [0.2, 0.25) is 0 Å². The minimum Gasteiger partial charge on any atom is -0.465 e. The molecule has 0 aromatic rings. The van der Waals surface area contributed by atoms with Crippen LogP contribution >= 0.6 is 62.3 Å². The van der Waals surface area contributed by atoms with Gasteiger partial charge in [0.2, 0.25) is 0 Å². The number of hydrogen-bond acceptors (Lipinski definition) is 9. The maximum Gasteiger partial charge on any atom is 0.318 e. The molecule has 0 heterocycles. The van der Waals surface area contributed by atoms with Crippen molar-refractivity contribution in [3.05, 3.63) is 0 Å². The van der Waals surface area contributed by atoms with E-state index in [1.165, 1.54) is 11.8 Å². The van der Waals surface area contributed by atoms with Crippen LogP contribution in [-0.4, -0.2) is 56.7 Å². The summed E-state index contributed by atoms with van der Waals surface area (Å²) in [5.41, 5.74) is 0. The van der Waals surface area contributed by atoms with E-state index in [0.717, 1.165) is 38.5 Å². The minimum atomic E-state index is -0.443. The van der Waals surface area contributed by atoms with Gasteiger partial charge in [0.05, 0.1) is 13.2 Å². The van der Waals surface area contributed by atoms with Gasteiger partial charge in [-0.05, 0) is 39.5 Å². The van der Waals surface area contributed by atoms with E-state index in [9.17, 15) is 9.59 Å². The van der Waals surface area contributed by atoms with E-state index >= 15 is 0 Å². The number of hydrogen-bond donors (Lipinski definition) is 4. The van der Waals surface area contributed by atoms with Crippen molar-refractivity contribution in [2.24, 2.45) is 0 Å². The Morgan fingerprint density at radius 2 is 1.00 bits per heavy atom. The average Bonchev–Trinajstić information content (AvgIpc) is 2.74. The molecule has 0 radical (unpaired) electrons. The van der Waals surface area contributed by atoms with E-state index in [1.807, 2.05) is 0 Å². The van der Waals surface area contributed by atoms with Crippen LogP contribution in [0.15, 0.2) is 0 Å². The van der Waals surface area contributed by atoms with Gasteiger partial charge in [-0.3, -0.25) is 9.59 Å². The topological polar surface area (TPSA) is 52.6 Å². The zero-order chi connectivity index (χ0) is 23.8. The summed E-state index contributed by atoms with van der Waals surface area (Å²) in [6.45, 7) is 8.42. The van der Waals surface area contributed by atoms with Crippen LogP contribution in [-0.2, 0) is 19.1 Å². The fourth-order valence-corrected chi connectivity index (χ4v) is 4.95. The zero-order valence-corrected chi connectivity index (χ0v) is 23.8. The lowest BCUT2D eigenvalue weighted by atomic mass is 10.1. The third-order valence-electron chi connectivity index (χ3n) is 4.98. The van der Waals surface area contributed by atoms with Gasteiger partial charge < -0.3 is 9.47 Å². The summed E-state index contributed by atoms with van der Waals surface area (Å²) in [6, 6.07) is 0. The summed E-state index contributed by atoms with van der Waals surface area (Å²) in [5.74, 6) is -0.641. The highest BCUT2D eigenvalue weighted by atomic mass is 32.2. The molecule has 0 aromatic carbocycles. The van der Waals surface area contributed by atoms with Gasteiger partial charge in [-0.2, -0.15) is 50.5 Å². The monoisotopic (exact) mass is 530 g/mol. The highest BCUT2D eigenvalue weighted by Crippen LogP contribution is 2.23. The summed E-state index contributed by atoms with van der Waals surface area (Å²) in [6.07, 6.45) is 7.85. The largest absolute Gasteiger partial charge is 0.465 e. The molecule has 6 unspecified atom stereocenters. The first-order valence-corrected chi connectivity index (χ1v) is 14.4. The van der Waals surface area contributed by atoms with Gasteiger partial charge in [-0.1, -0.05) is 39.5 Å². The minimum absolute atomic E-state index is 0.0917. The van der Waals surface area contributed by atoms with Crippen molar-refractivity contribution >= 4 is 74.2 Å². The number of rotatable bonds is 18. The second kappa shape index (κ2) is 19.0. The molecule has 0 aliphatic rings. The van der Waals surface area contributed by atoms with Crippen molar-refractivity contribution in [2.75, 3.05) is 13.2 Å². The summed E-state index contributed by atoms with van der Waals surface area (Å²) in [5, 5.41) is -0.305. The Morgan fingerprint density at radius 3 is 1.32 bits per heavy atom. The van der Waals surface area contributed by atoms with Gasteiger partial charge in [0, 0.05) is 21.0 Å². The third-order valence-corrected chi connectivity index (χ3v) is 9.13. The van der Waals surface area contributed by atoms with Gasteiger partial charge >= 0.3 is 11.9 Å².